The maximum atomic E-state index is 11.4. The van der Waals surface area contributed by atoms with Gasteiger partial charge in [0.2, 0.25) is 0 Å². The summed E-state index contributed by atoms with van der Waals surface area (Å²) in [6.07, 6.45) is 6.53. The van der Waals surface area contributed by atoms with E-state index in [2.05, 4.69) is 170 Å². The lowest BCUT2D eigenvalue weighted by Crippen LogP contribution is -2.50. The maximum Gasteiger partial charge on any atom is 0.404 e. The first kappa shape index (κ1) is 65.2. The Morgan fingerprint density at radius 2 is 0.839 bits per heavy atom. The largest absolute Gasteiger partial charge is 0.445 e. The molecular weight excluding hydrogens is 823 g/mol. The number of hydrogen-bond acceptors (Lipinski definition) is 7. The molecule has 0 aliphatic heterocycles. The molecule has 0 bridgehead atoms. The predicted octanol–water partition coefficient (Wildman–Crippen LogP) is 14.8. The Morgan fingerprint density at radius 3 is 1.10 bits per heavy atom. The van der Waals surface area contributed by atoms with Gasteiger partial charge in [0.25, 0.3) is 0 Å². The number of primary amides is 1. The summed E-state index contributed by atoms with van der Waals surface area (Å²) in [6, 6.07) is 0. The molecule has 0 aliphatic rings. The standard InChI is InChI=1S/C19H39NO3Si.C18H38O2Si.C14H30O2Si/c1-11-13(3)16(22-18(20)21)15(5)17(14(4)12-2)23-24(9,10)19(6,7)8;1-11-13(3)16(19)15(5)17(14(4)12-2)20-21(9,10)18(6,7)8;1-9-11(2)13(12(3)10-15)16-17(7,8)14(4,5)6/h11,13-17H,1,12H2,2-10H3,(H2,20,21);11,13-17,19H,1,12H2,2-10H3;10-13H,9H2,1-8H3/t2*13-,14-,15+,16-,17+;11-,12+,13+/m000/s1. The van der Waals surface area contributed by atoms with E-state index in [0.29, 0.717) is 17.8 Å². The van der Waals surface area contributed by atoms with Crippen LogP contribution >= 0.6 is 0 Å². The Kier molecular flexibility index (Phi) is 28.9. The van der Waals surface area contributed by atoms with Crippen molar-refractivity contribution in [1.82, 2.24) is 0 Å². The van der Waals surface area contributed by atoms with Gasteiger partial charge in [-0.1, -0.05) is 170 Å². The number of aldehydes is 1. The van der Waals surface area contributed by atoms with Crippen LogP contribution < -0.4 is 5.73 Å². The highest BCUT2D eigenvalue weighted by atomic mass is 28.4. The lowest BCUT2D eigenvalue weighted by atomic mass is 9.83. The highest BCUT2D eigenvalue weighted by Gasteiger charge is 2.45. The minimum atomic E-state index is -1.94. The van der Waals surface area contributed by atoms with E-state index in [4.69, 9.17) is 23.7 Å². The first-order valence-corrected chi connectivity index (χ1v) is 32.8. The Bertz CT molecular complexity index is 1290. The van der Waals surface area contributed by atoms with Gasteiger partial charge in [0, 0.05) is 29.6 Å². The highest BCUT2D eigenvalue weighted by Crippen LogP contribution is 2.42. The Balaban J connectivity index is -0.000000855. The highest BCUT2D eigenvalue weighted by molar-refractivity contribution is 6.75. The van der Waals surface area contributed by atoms with E-state index in [1.807, 2.05) is 32.9 Å². The fraction of sp³-hybridized carbons (Fsp3) is 0.882. The van der Waals surface area contributed by atoms with Gasteiger partial charge in [-0.15, -0.1) is 13.2 Å². The lowest BCUT2D eigenvalue weighted by molar-refractivity contribution is -0.114. The third-order valence-electron chi connectivity index (χ3n) is 15.2. The first-order valence-electron chi connectivity index (χ1n) is 24.1. The molecule has 1 amide bonds. The van der Waals surface area contributed by atoms with Crippen LogP contribution in [0.4, 0.5) is 4.79 Å². The summed E-state index contributed by atoms with van der Waals surface area (Å²) in [5.74, 6) is 1.49. The van der Waals surface area contributed by atoms with Crippen molar-refractivity contribution in [2.75, 3.05) is 0 Å². The van der Waals surface area contributed by atoms with Crippen LogP contribution in [0.3, 0.4) is 0 Å². The van der Waals surface area contributed by atoms with Crippen molar-refractivity contribution >= 4 is 37.3 Å². The van der Waals surface area contributed by atoms with Crippen molar-refractivity contribution in [3.63, 3.8) is 0 Å². The van der Waals surface area contributed by atoms with Crippen LogP contribution in [0.5, 0.6) is 0 Å². The number of amides is 1. The summed E-state index contributed by atoms with van der Waals surface area (Å²) in [4.78, 5) is 22.4. The second-order valence-electron chi connectivity index (χ2n) is 23.5. The van der Waals surface area contributed by atoms with Crippen LogP contribution in [0.1, 0.15) is 158 Å². The van der Waals surface area contributed by atoms with E-state index in [0.717, 1.165) is 25.5 Å². The summed E-state index contributed by atoms with van der Waals surface area (Å²) in [5.41, 5.74) is 5.30. The van der Waals surface area contributed by atoms with Crippen molar-refractivity contribution < 1.29 is 32.7 Å². The Hall–Kier alpha value is -1.09. The molecular formula is C51H107NO7Si3. The van der Waals surface area contributed by atoms with Crippen molar-refractivity contribution in [3.05, 3.63) is 25.3 Å². The first-order chi connectivity index (χ1) is 27.7. The molecule has 62 heavy (non-hydrogen) atoms. The molecule has 0 aromatic rings. The topological polar surface area (TPSA) is 117 Å². The van der Waals surface area contributed by atoms with E-state index in [1.54, 1.807) is 0 Å². The molecule has 8 nitrogen and oxygen atoms in total. The summed E-state index contributed by atoms with van der Waals surface area (Å²) < 4.78 is 25.3. The van der Waals surface area contributed by atoms with Gasteiger partial charge in [0.1, 0.15) is 12.4 Å². The van der Waals surface area contributed by atoms with Crippen LogP contribution in [0.2, 0.25) is 54.4 Å². The quantitative estimate of drug-likeness (QED) is 0.0595. The summed E-state index contributed by atoms with van der Waals surface area (Å²) in [5, 5.41) is 11.1. The van der Waals surface area contributed by atoms with Crippen molar-refractivity contribution in [2.24, 2.45) is 53.1 Å². The molecule has 370 valence electrons. The Labute approximate surface area is 389 Å². The molecule has 0 rings (SSSR count). The molecule has 0 unspecified atom stereocenters. The monoisotopic (exact) mass is 930 g/mol. The summed E-state index contributed by atoms with van der Waals surface area (Å²) in [6.45, 7) is 64.8. The normalized spacial score (nSPS) is 19.4. The van der Waals surface area contributed by atoms with Gasteiger partial charge in [-0.05, 0) is 72.2 Å². The smallest absolute Gasteiger partial charge is 0.404 e. The molecule has 13 atom stereocenters. The number of carbonyl (C=O) groups excluding carboxylic acids is 2. The zero-order valence-electron chi connectivity index (χ0n) is 45.7. The van der Waals surface area contributed by atoms with E-state index in [1.165, 1.54) is 0 Å². The van der Waals surface area contributed by atoms with Crippen LogP contribution in [-0.4, -0.2) is 73.0 Å². The average molecular weight is 931 g/mol. The number of ether oxygens (including phenoxy) is 1. The molecule has 0 aromatic carbocycles. The molecule has 3 N–H and O–H groups in total. The van der Waals surface area contributed by atoms with Gasteiger partial charge in [0.05, 0.1) is 24.4 Å². The van der Waals surface area contributed by atoms with E-state index in [9.17, 15) is 14.7 Å². The minimum absolute atomic E-state index is 0.0147. The van der Waals surface area contributed by atoms with E-state index >= 15 is 0 Å². The number of aliphatic hydroxyl groups is 1. The molecule has 0 fully saturated rings. The summed E-state index contributed by atoms with van der Waals surface area (Å²) in [7, 11) is -5.56. The van der Waals surface area contributed by atoms with Gasteiger partial charge in [-0.3, -0.25) is 0 Å². The molecule has 0 saturated carbocycles. The third-order valence-corrected chi connectivity index (χ3v) is 28.6. The van der Waals surface area contributed by atoms with Crippen molar-refractivity contribution in [2.45, 2.75) is 243 Å². The number of carbonyl (C=O) groups is 2. The molecule has 11 heteroatoms. The van der Waals surface area contributed by atoms with Crippen LogP contribution in [0.15, 0.2) is 25.3 Å². The van der Waals surface area contributed by atoms with Gasteiger partial charge >= 0.3 is 6.09 Å². The fourth-order valence-corrected chi connectivity index (χ4v) is 11.0. The van der Waals surface area contributed by atoms with Crippen molar-refractivity contribution in [3.8, 4) is 0 Å². The van der Waals surface area contributed by atoms with Crippen LogP contribution in [-0.2, 0) is 22.8 Å². The number of hydrogen-bond donors (Lipinski definition) is 2. The van der Waals surface area contributed by atoms with Gasteiger partial charge < -0.3 is 33.6 Å². The van der Waals surface area contributed by atoms with E-state index in [-0.39, 0.29) is 69.1 Å². The van der Waals surface area contributed by atoms with Crippen LogP contribution in [0.25, 0.3) is 0 Å². The Morgan fingerprint density at radius 1 is 0.548 bits per heavy atom. The lowest BCUT2D eigenvalue weighted by Gasteiger charge is -2.44. The molecule has 0 aliphatic carbocycles. The third kappa shape index (κ3) is 21.0. The molecule has 0 heterocycles. The van der Waals surface area contributed by atoms with Crippen molar-refractivity contribution in [1.29, 1.82) is 0 Å². The molecule has 0 spiro atoms. The zero-order valence-corrected chi connectivity index (χ0v) is 48.7. The number of rotatable bonds is 23. The van der Waals surface area contributed by atoms with Gasteiger partial charge in [0.15, 0.2) is 25.0 Å². The van der Waals surface area contributed by atoms with Gasteiger partial charge in [-0.2, -0.15) is 0 Å². The number of aliphatic hydroxyl groups excluding tert-OH is 1. The van der Waals surface area contributed by atoms with Crippen LogP contribution in [0, 0.1) is 47.3 Å². The fourth-order valence-electron chi connectivity index (χ4n) is 6.51. The summed E-state index contributed by atoms with van der Waals surface area (Å²) >= 11 is 0. The zero-order chi connectivity index (χ0) is 50.2. The second-order valence-corrected chi connectivity index (χ2v) is 37.7. The molecule has 0 aromatic heterocycles. The van der Waals surface area contributed by atoms with E-state index < -0.39 is 37.1 Å². The second kappa shape index (κ2) is 27.5. The minimum Gasteiger partial charge on any atom is -0.445 e. The van der Waals surface area contributed by atoms with Gasteiger partial charge in [-0.25, -0.2) is 4.79 Å². The maximum absolute atomic E-state index is 11.4. The predicted molar refractivity (Wildman–Crippen MR) is 277 cm³/mol. The average Bonchev–Trinajstić information content (AvgIpc) is 3.16. The molecule has 0 saturated heterocycles. The SMILES string of the molecule is C=C[C@H](C)[C@H](O)[C@@H](C)[C@H](O[Si](C)(C)C(C)(C)C)[C@@H](C)CC.C=C[C@H](C)[C@H](OC(N)=O)[C@@H](C)[C@H](O[Si](C)(C)C(C)(C)C)[C@@H](C)CC.CC[C@H](C)[C@@H](O[Si](C)(C)C(C)(C)C)[C@H](C)C=O. The number of nitrogens with two attached hydrogens (primary N) is 1. The molecule has 0 radical (unpaired) electrons.